The van der Waals surface area contributed by atoms with Gasteiger partial charge in [-0.2, -0.15) is 0 Å². The van der Waals surface area contributed by atoms with Crippen LogP contribution in [0.15, 0.2) is 18.2 Å². The molecule has 104 valence electrons. The van der Waals surface area contributed by atoms with Crippen LogP contribution in [-0.4, -0.2) is 42.5 Å². The van der Waals surface area contributed by atoms with Crippen molar-refractivity contribution in [3.63, 3.8) is 0 Å². The Morgan fingerprint density at radius 2 is 1.79 bits per heavy atom. The molecule has 7 heteroatoms. The van der Waals surface area contributed by atoms with E-state index in [2.05, 4.69) is 9.47 Å². The first-order valence-electron chi connectivity index (χ1n) is 5.23. The van der Waals surface area contributed by atoms with Crippen LogP contribution >= 0.6 is 0 Å². The third kappa shape index (κ3) is 3.49. The molecular weight excluding hydrogens is 259 g/mol. The fourth-order valence-electron chi connectivity index (χ4n) is 1.45. The molecule has 0 aromatic heterocycles. The molecule has 2 atom stereocenters. The fourth-order valence-corrected chi connectivity index (χ4v) is 1.45. The molecule has 0 aliphatic heterocycles. The van der Waals surface area contributed by atoms with Gasteiger partial charge in [0, 0.05) is 0 Å². The van der Waals surface area contributed by atoms with Crippen LogP contribution in [0.4, 0.5) is 4.39 Å². The Morgan fingerprint density at radius 1 is 1.16 bits per heavy atom. The minimum absolute atomic E-state index is 0.140. The second-order valence-corrected chi connectivity index (χ2v) is 3.68. The van der Waals surface area contributed by atoms with Gasteiger partial charge in [0.15, 0.2) is 6.10 Å². The van der Waals surface area contributed by atoms with E-state index in [9.17, 15) is 24.2 Å². The number of hydrogen-bond acceptors (Lipinski definition) is 6. The maximum atomic E-state index is 13.3. The number of methoxy groups -OCH3 is 2. The average Bonchev–Trinajstić information content (AvgIpc) is 2.43. The van der Waals surface area contributed by atoms with Gasteiger partial charge >= 0.3 is 11.9 Å². The van der Waals surface area contributed by atoms with Gasteiger partial charge in [-0.1, -0.05) is 0 Å². The number of carbonyl (C=O) groups excluding carboxylic acids is 2. The van der Waals surface area contributed by atoms with Crippen molar-refractivity contribution in [3.05, 3.63) is 35.1 Å². The van der Waals surface area contributed by atoms with Gasteiger partial charge in [-0.15, -0.1) is 0 Å². The van der Waals surface area contributed by atoms with E-state index in [-0.39, 0.29) is 11.1 Å². The summed E-state index contributed by atoms with van der Waals surface area (Å²) in [6.07, 6.45) is -3.59. The Morgan fingerprint density at radius 3 is 2.32 bits per heavy atom. The first-order valence-corrected chi connectivity index (χ1v) is 5.23. The van der Waals surface area contributed by atoms with Crippen molar-refractivity contribution < 1.29 is 33.7 Å². The Balaban J connectivity index is 3.09. The van der Waals surface area contributed by atoms with Crippen LogP contribution in [0.3, 0.4) is 0 Å². The molecule has 0 bridgehead atoms. The highest BCUT2D eigenvalue weighted by atomic mass is 19.1. The van der Waals surface area contributed by atoms with Gasteiger partial charge in [-0.3, -0.25) is 0 Å². The molecule has 0 amide bonds. The summed E-state index contributed by atoms with van der Waals surface area (Å²) in [5, 5.41) is 19.2. The van der Waals surface area contributed by atoms with Gasteiger partial charge in [-0.05, 0) is 23.8 Å². The summed E-state index contributed by atoms with van der Waals surface area (Å²) in [5.41, 5.74) is -0.285. The Hall–Kier alpha value is -1.99. The highest BCUT2D eigenvalue weighted by molar-refractivity contribution is 5.89. The molecule has 19 heavy (non-hydrogen) atoms. The van der Waals surface area contributed by atoms with Crippen molar-refractivity contribution in [2.24, 2.45) is 0 Å². The van der Waals surface area contributed by atoms with Gasteiger partial charge in [0.2, 0.25) is 0 Å². The van der Waals surface area contributed by atoms with E-state index in [1.54, 1.807) is 0 Å². The smallest absolute Gasteiger partial charge is 0.337 e. The van der Waals surface area contributed by atoms with Crippen LogP contribution in [-0.2, 0) is 14.3 Å². The number of esters is 2. The number of ether oxygens (including phenoxy) is 2. The zero-order chi connectivity index (χ0) is 14.6. The Kier molecular flexibility index (Phi) is 4.96. The lowest BCUT2D eigenvalue weighted by molar-refractivity contribution is -0.156. The van der Waals surface area contributed by atoms with Gasteiger partial charge in [-0.25, -0.2) is 14.0 Å². The van der Waals surface area contributed by atoms with Crippen LogP contribution in [0.1, 0.15) is 22.0 Å². The quantitative estimate of drug-likeness (QED) is 0.759. The summed E-state index contributed by atoms with van der Waals surface area (Å²) in [7, 11) is 2.15. The summed E-state index contributed by atoms with van der Waals surface area (Å²) in [6, 6.07) is 2.92. The van der Waals surface area contributed by atoms with Gasteiger partial charge in [0.1, 0.15) is 11.9 Å². The maximum Gasteiger partial charge on any atom is 0.337 e. The molecule has 1 aromatic rings. The van der Waals surface area contributed by atoms with E-state index in [0.717, 1.165) is 32.4 Å². The summed E-state index contributed by atoms with van der Waals surface area (Å²) in [6.45, 7) is 0. The minimum atomic E-state index is -1.88. The highest BCUT2D eigenvalue weighted by Gasteiger charge is 2.27. The van der Waals surface area contributed by atoms with E-state index in [0.29, 0.717) is 0 Å². The number of hydrogen-bond donors (Lipinski definition) is 2. The number of benzene rings is 1. The molecule has 1 rings (SSSR count). The predicted octanol–water partition coefficient (Wildman–Crippen LogP) is 0.180. The molecule has 0 saturated carbocycles. The molecule has 0 aliphatic carbocycles. The summed E-state index contributed by atoms with van der Waals surface area (Å²) >= 11 is 0. The van der Waals surface area contributed by atoms with Crippen LogP contribution in [0.5, 0.6) is 0 Å². The molecule has 0 fully saturated rings. The fraction of sp³-hybridized carbons (Fsp3) is 0.333. The van der Waals surface area contributed by atoms with Crippen molar-refractivity contribution in [1.29, 1.82) is 0 Å². The lowest BCUT2D eigenvalue weighted by Crippen LogP contribution is -2.29. The normalized spacial score (nSPS) is 13.5. The number of carbonyl (C=O) groups is 2. The molecule has 0 saturated heterocycles. The van der Waals surface area contributed by atoms with Crippen LogP contribution in [0, 0.1) is 5.82 Å². The SMILES string of the molecule is COC(=O)c1cc(F)cc(C(O)C(O)C(=O)OC)c1. The second-order valence-electron chi connectivity index (χ2n) is 3.68. The zero-order valence-corrected chi connectivity index (χ0v) is 10.3. The minimum Gasteiger partial charge on any atom is -0.467 e. The van der Waals surface area contributed by atoms with Crippen molar-refractivity contribution >= 4 is 11.9 Å². The molecule has 0 heterocycles. The number of halogens is 1. The first kappa shape index (κ1) is 15.1. The molecule has 0 aliphatic rings. The van der Waals surface area contributed by atoms with Crippen molar-refractivity contribution in [1.82, 2.24) is 0 Å². The third-order valence-electron chi connectivity index (χ3n) is 2.42. The molecule has 0 radical (unpaired) electrons. The molecule has 1 aromatic carbocycles. The number of aliphatic hydroxyl groups excluding tert-OH is 2. The maximum absolute atomic E-state index is 13.3. The topological polar surface area (TPSA) is 93.1 Å². The standard InChI is InChI=1S/C12H13FO6/c1-18-11(16)7-3-6(4-8(13)5-7)9(14)10(15)12(17)19-2/h3-5,9-10,14-15H,1-2H3. The van der Waals surface area contributed by atoms with Crippen LogP contribution in [0.25, 0.3) is 0 Å². The summed E-state index contributed by atoms with van der Waals surface area (Å²) < 4.78 is 22.0. The first-order chi connectivity index (χ1) is 8.90. The van der Waals surface area contributed by atoms with Gasteiger partial charge in [0.05, 0.1) is 19.8 Å². The Labute approximate surface area is 108 Å². The molecule has 2 unspecified atom stereocenters. The van der Waals surface area contributed by atoms with E-state index < -0.39 is 30.0 Å². The second kappa shape index (κ2) is 6.26. The van der Waals surface area contributed by atoms with Crippen LogP contribution < -0.4 is 0 Å². The van der Waals surface area contributed by atoms with Crippen molar-refractivity contribution in [2.75, 3.05) is 14.2 Å². The summed E-state index contributed by atoms with van der Waals surface area (Å²) in [4.78, 5) is 22.3. The molecule has 0 spiro atoms. The van der Waals surface area contributed by atoms with E-state index >= 15 is 0 Å². The molecular formula is C12H13FO6. The number of rotatable bonds is 4. The highest BCUT2D eigenvalue weighted by Crippen LogP contribution is 2.21. The Bertz CT molecular complexity index is 487. The predicted molar refractivity (Wildman–Crippen MR) is 60.7 cm³/mol. The number of aliphatic hydroxyl groups is 2. The summed E-state index contributed by atoms with van der Waals surface area (Å²) in [5.74, 6) is -2.69. The zero-order valence-electron chi connectivity index (χ0n) is 10.3. The van der Waals surface area contributed by atoms with Crippen molar-refractivity contribution in [3.8, 4) is 0 Å². The third-order valence-corrected chi connectivity index (χ3v) is 2.42. The van der Waals surface area contributed by atoms with E-state index in [1.165, 1.54) is 0 Å². The van der Waals surface area contributed by atoms with E-state index in [1.807, 2.05) is 0 Å². The van der Waals surface area contributed by atoms with Crippen LogP contribution in [0.2, 0.25) is 0 Å². The van der Waals surface area contributed by atoms with Gasteiger partial charge in [0.25, 0.3) is 0 Å². The lowest BCUT2D eigenvalue weighted by Gasteiger charge is -2.16. The molecule has 2 N–H and O–H groups in total. The monoisotopic (exact) mass is 272 g/mol. The van der Waals surface area contributed by atoms with E-state index in [4.69, 9.17) is 0 Å². The van der Waals surface area contributed by atoms with Crippen molar-refractivity contribution in [2.45, 2.75) is 12.2 Å². The molecule has 6 nitrogen and oxygen atoms in total. The average molecular weight is 272 g/mol. The lowest BCUT2D eigenvalue weighted by atomic mass is 10.0. The van der Waals surface area contributed by atoms with Gasteiger partial charge < -0.3 is 19.7 Å². The largest absolute Gasteiger partial charge is 0.467 e.